The quantitative estimate of drug-likeness (QED) is 0.371. The first-order valence-corrected chi connectivity index (χ1v) is 4.89. The van der Waals surface area contributed by atoms with Crippen LogP contribution in [0.4, 0.5) is 0 Å². The molecule has 102 valence electrons. The van der Waals surface area contributed by atoms with Gasteiger partial charge >= 0.3 is 30.3 Å². The van der Waals surface area contributed by atoms with Crippen LogP contribution < -0.4 is 5.73 Å². The highest BCUT2D eigenvalue weighted by Crippen LogP contribution is 1.99. The molecule has 0 aromatic carbocycles. The molecule has 0 unspecified atom stereocenters. The lowest BCUT2D eigenvalue weighted by molar-refractivity contribution is -0.187. The van der Waals surface area contributed by atoms with E-state index in [-0.39, 0.29) is 0 Å². The van der Waals surface area contributed by atoms with E-state index in [9.17, 15) is 19.2 Å². The zero-order valence-corrected chi connectivity index (χ0v) is 9.33. The van der Waals surface area contributed by atoms with E-state index in [2.05, 4.69) is 9.47 Å². The van der Waals surface area contributed by atoms with Crippen molar-refractivity contribution in [2.24, 2.45) is 5.73 Å². The fourth-order valence-electron chi connectivity index (χ4n) is 0.819. The van der Waals surface area contributed by atoms with Gasteiger partial charge in [0.25, 0.3) is 0 Å². The van der Waals surface area contributed by atoms with Crippen LogP contribution in [0.2, 0.25) is 0 Å². The van der Waals surface area contributed by atoms with Gasteiger partial charge in [0.2, 0.25) is 0 Å². The fraction of sp³-hybridized carbons (Fsp3) is 0.556. The molecule has 9 heteroatoms. The molecule has 18 heavy (non-hydrogen) atoms. The van der Waals surface area contributed by atoms with Gasteiger partial charge in [-0.3, -0.25) is 24.9 Å². The molecule has 0 bridgehead atoms. The molecule has 9 nitrogen and oxygen atoms in total. The van der Waals surface area contributed by atoms with E-state index in [4.69, 9.17) is 15.9 Å². The summed E-state index contributed by atoms with van der Waals surface area (Å²) in [6, 6.07) is 0. The normalized spacial score (nSPS) is 9.89. The molecule has 0 atom stereocenters. The van der Waals surface area contributed by atoms with Crippen LogP contribution >= 0.6 is 0 Å². The monoisotopic (exact) mass is 263 g/mol. The van der Waals surface area contributed by atoms with Crippen LogP contribution in [0.1, 0.15) is 25.7 Å². The topological polar surface area (TPSA) is 153 Å². The molecule has 0 aliphatic heterocycles. The minimum absolute atomic E-state index is 0.407. The first-order valence-electron chi connectivity index (χ1n) is 4.89. The van der Waals surface area contributed by atoms with Crippen molar-refractivity contribution in [3.63, 3.8) is 0 Å². The van der Waals surface area contributed by atoms with Crippen LogP contribution in [-0.4, -0.2) is 40.5 Å². The van der Waals surface area contributed by atoms with Gasteiger partial charge in [-0.2, -0.15) is 0 Å². The molecule has 0 heterocycles. The maximum absolute atomic E-state index is 11.0. The Hall–Kier alpha value is -2.16. The summed E-state index contributed by atoms with van der Waals surface area (Å²) in [4.78, 5) is 42.2. The molecule has 0 amide bonds. The molecular formula is C9H13NO8. The van der Waals surface area contributed by atoms with E-state index in [1.54, 1.807) is 0 Å². The fourth-order valence-corrected chi connectivity index (χ4v) is 0.819. The predicted octanol–water partition coefficient (Wildman–Crippen LogP) is -0.955. The Kier molecular flexibility index (Phi) is 7.05. The lowest BCUT2D eigenvalue weighted by atomic mass is 10.3. The summed E-state index contributed by atoms with van der Waals surface area (Å²) in [7, 11) is 0. The van der Waals surface area contributed by atoms with Crippen molar-refractivity contribution in [2.45, 2.75) is 32.1 Å². The standard InChI is InChI=1S/C9H13NO8/c10-9(17-7(15)3-1-5(11)12)18-8(16)4-2-6(13)14/h9H,1-4,10H2,(H,11,12)(H,13,14). The van der Waals surface area contributed by atoms with Crippen LogP contribution in [0.3, 0.4) is 0 Å². The summed E-state index contributed by atoms with van der Waals surface area (Å²) >= 11 is 0. The summed E-state index contributed by atoms with van der Waals surface area (Å²) in [6.45, 7) is 0. The van der Waals surface area contributed by atoms with Crippen LogP contribution in [0.15, 0.2) is 0 Å². The summed E-state index contributed by atoms with van der Waals surface area (Å²) in [5.41, 5.74) is 5.11. The number of esters is 2. The van der Waals surface area contributed by atoms with Gasteiger partial charge in [0.15, 0.2) is 0 Å². The molecule has 4 N–H and O–H groups in total. The molecule has 0 saturated heterocycles. The second kappa shape index (κ2) is 8.01. The van der Waals surface area contributed by atoms with Gasteiger partial charge in [-0.15, -0.1) is 0 Å². The Morgan fingerprint density at radius 2 is 1.17 bits per heavy atom. The van der Waals surface area contributed by atoms with Gasteiger partial charge in [-0.25, -0.2) is 0 Å². The highest BCUT2D eigenvalue weighted by Gasteiger charge is 2.16. The van der Waals surface area contributed by atoms with E-state index in [1.165, 1.54) is 0 Å². The number of carbonyl (C=O) groups excluding carboxylic acids is 2. The summed E-state index contributed by atoms with van der Waals surface area (Å²) in [5, 5.41) is 16.6. The number of rotatable bonds is 8. The number of aliphatic carboxylic acids is 2. The molecule has 0 saturated carbocycles. The van der Waals surface area contributed by atoms with Crippen molar-refractivity contribution >= 4 is 23.9 Å². The number of ether oxygens (including phenoxy) is 2. The lowest BCUT2D eigenvalue weighted by Crippen LogP contribution is -2.32. The number of carboxylic acid groups (broad SMARTS) is 2. The minimum atomic E-state index is -1.67. The van der Waals surface area contributed by atoms with Crippen molar-refractivity contribution < 1.29 is 38.9 Å². The van der Waals surface area contributed by atoms with Gasteiger partial charge < -0.3 is 19.7 Å². The average molecular weight is 263 g/mol. The second-order valence-corrected chi connectivity index (χ2v) is 3.14. The zero-order valence-electron chi connectivity index (χ0n) is 9.33. The van der Waals surface area contributed by atoms with Gasteiger partial charge in [0.1, 0.15) is 0 Å². The Labute approximate surface area is 101 Å². The van der Waals surface area contributed by atoms with E-state index in [0.29, 0.717) is 0 Å². The van der Waals surface area contributed by atoms with Crippen LogP contribution in [0.25, 0.3) is 0 Å². The summed E-state index contributed by atoms with van der Waals surface area (Å²) in [5.74, 6) is -4.23. The smallest absolute Gasteiger partial charge is 0.310 e. The highest BCUT2D eigenvalue weighted by molar-refractivity contribution is 5.77. The first kappa shape index (κ1) is 15.8. The lowest BCUT2D eigenvalue weighted by Gasteiger charge is -2.12. The molecule has 0 aromatic heterocycles. The van der Waals surface area contributed by atoms with Crippen molar-refractivity contribution in [1.29, 1.82) is 0 Å². The van der Waals surface area contributed by atoms with Crippen molar-refractivity contribution in [1.82, 2.24) is 0 Å². The minimum Gasteiger partial charge on any atom is -0.481 e. The molecule has 0 rings (SSSR count). The predicted molar refractivity (Wildman–Crippen MR) is 53.9 cm³/mol. The van der Waals surface area contributed by atoms with E-state index in [1.807, 2.05) is 0 Å². The number of carbonyl (C=O) groups is 4. The van der Waals surface area contributed by atoms with Gasteiger partial charge in [-0.05, 0) is 0 Å². The molecule has 0 fully saturated rings. The molecule has 0 aliphatic carbocycles. The third-order valence-corrected chi connectivity index (χ3v) is 1.58. The second-order valence-electron chi connectivity index (χ2n) is 3.14. The van der Waals surface area contributed by atoms with E-state index >= 15 is 0 Å². The third kappa shape index (κ3) is 9.09. The Bertz CT molecular complexity index is 307. The Morgan fingerprint density at radius 3 is 1.44 bits per heavy atom. The highest BCUT2D eigenvalue weighted by atomic mass is 16.7. The Balaban J connectivity index is 3.84. The van der Waals surface area contributed by atoms with Crippen LogP contribution in [0, 0.1) is 0 Å². The third-order valence-electron chi connectivity index (χ3n) is 1.58. The number of hydrogen-bond acceptors (Lipinski definition) is 7. The van der Waals surface area contributed by atoms with E-state index < -0.39 is 56.0 Å². The van der Waals surface area contributed by atoms with E-state index in [0.717, 1.165) is 0 Å². The van der Waals surface area contributed by atoms with Crippen LogP contribution in [0.5, 0.6) is 0 Å². The van der Waals surface area contributed by atoms with Crippen molar-refractivity contribution in [3.05, 3.63) is 0 Å². The van der Waals surface area contributed by atoms with Crippen molar-refractivity contribution in [2.75, 3.05) is 0 Å². The number of hydrogen-bond donors (Lipinski definition) is 3. The van der Waals surface area contributed by atoms with Gasteiger partial charge in [0.05, 0.1) is 25.7 Å². The van der Waals surface area contributed by atoms with Gasteiger partial charge in [-0.1, -0.05) is 0 Å². The number of nitrogens with two attached hydrogens (primary N) is 1. The average Bonchev–Trinajstić information content (AvgIpc) is 2.23. The maximum Gasteiger partial charge on any atom is 0.310 e. The van der Waals surface area contributed by atoms with Crippen LogP contribution in [-0.2, 0) is 28.7 Å². The molecule has 0 spiro atoms. The summed E-state index contributed by atoms with van der Waals surface area (Å²) in [6.07, 6.45) is -3.35. The first-order chi connectivity index (χ1) is 8.31. The van der Waals surface area contributed by atoms with Gasteiger partial charge in [0, 0.05) is 0 Å². The number of carboxylic acids is 2. The molecule has 0 aliphatic rings. The zero-order chi connectivity index (χ0) is 14.1. The SMILES string of the molecule is NC(OC(=O)CCC(=O)O)OC(=O)CCC(=O)O. The largest absolute Gasteiger partial charge is 0.481 e. The molecule has 0 radical (unpaired) electrons. The van der Waals surface area contributed by atoms with Crippen molar-refractivity contribution in [3.8, 4) is 0 Å². The Morgan fingerprint density at radius 1 is 0.833 bits per heavy atom. The summed E-state index contributed by atoms with van der Waals surface area (Å²) < 4.78 is 8.73. The maximum atomic E-state index is 11.0. The molecular weight excluding hydrogens is 250 g/mol. The molecule has 0 aromatic rings.